The number of hydrogen-bond donors (Lipinski definition) is 0. The third-order valence-electron chi connectivity index (χ3n) is 5.95. The Morgan fingerprint density at radius 3 is 1.66 bits per heavy atom. The van der Waals surface area contributed by atoms with Gasteiger partial charge in [0.2, 0.25) is 0 Å². The second-order valence-corrected chi connectivity index (χ2v) is 9.12. The molecule has 0 saturated heterocycles. The molecule has 0 N–H and O–H groups in total. The summed E-state index contributed by atoms with van der Waals surface area (Å²) in [5.41, 5.74) is 5.18. The van der Waals surface area contributed by atoms with Gasteiger partial charge in [-0.1, -0.05) is 65.7 Å². The Balaban J connectivity index is 1.61. The summed E-state index contributed by atoms with van der Waals surface area (Å²) >= 11 is 1.88. The zero-order valence-corrected chi connectivity index (χ0v) is 17.3. The highest BCUT2D eigenvalue weighted by Gasteiger charge is 2.09. The molecule has 29 heavy (non-hydrogen) atoms. The fraction of sp³-hybridized carbons (Fsp3) is 0.0714. The predicted molar refractivity (Wildman–Crippen MR) is 129 cm³/mol. The molecule has 0 unspecified atom stereocenters. The molecule has 0 aliphatic rings. The van der Waals surface area contributed by atoms with Crippen LogP contribution in [0.5, 0.6) is 0 Å². The van der Waals surface area contributed by atoms with Gasteiger partial charge >= 0.3 is 0 Å². The number of aryl methyl sites for hydroxylation is 2. The van der Waals surface area contributed by atoms with E-state index in [9.17, 15) is 0 Å². The van der Waals surface area contributed by atoms with E-state index in [1.165, 1.54) is 64.0 Å². The molecular formula is C28H20S. The first-order valence-corrected chi connectivity index (χ1v) is 10.8. The van der Waals surface area contributed by atoms with Gasteiger partial charge in [0.25, 0.3) is 0 Å². The lowest BCUT2D eigenvalue weighted by Gasteiger charge is -2.09. The van der Waals surface area contributed by atoms with E-state index in [-0.39, 0.29) is 0 Å². The zero-order chi connectivity index (χ0) is 19.5. The molecule has 0 saturated carbocycles. The van der Waals surface area contributed by atoms with E-state index in [0.29, 0.717) is 0 Å². The molecule has 0 fully saturated rings. The van der Waals surface area contributed by atoms with Crippen LogP contribution in [0.1, 0.15) is 11.1 Å². The largest absolute Gasteiger partial charge is 0.135 e. The summed E-state index contributed by atoms with van der Waals surface area (Å²) in [7, 11) is 0. The number of hydrogen-bond acceptors (Lipinski definition) is 1. The van der Waals surface area contributed by atoms with Crippen molar-refractivity contribution in [2.75, 3.05) is 0 Å². The SMILES string of the molecule is Cc1ccc2ccc3ccc(-c4ccc5sc6ccc(C)cc6c5c4)cc3c2c1. The van der Waals surface area contributed by atoms with Crippen LogP contribution in [0.3, 0.4) is 0 Å². The highest BCUT2D eigenvalue weighted by molar-refractivity contribution is 7.25. The maximum atomic E-state index is 2.37. The molecule has 0 aliphatic carbocycles. The van der Waals surface area contributed by atoms with Crippen molar-refractivity contribution in [1.29, 1.82) is 0 Å². The third kappa shape index (κ3) is 2.66. The van der Waals surface area contributed by atoms with E-state index >= 15 is 0 Å². The Bertz CT molecular complexity index is 1570. The van der Waals surface area contributed by atoms with Gasteiger partial charge in [0, 0.05) is 20.2 Å². The Labute approximate surface area is 174 Å². The minimum Gasteiger partial charge on any atom is -0.135 e. The normalized spacial score (nSPS) is 11.8. The zero-order valence-electron chi connectivity index (χ0n) is 16.5. The number of rotatable bonds is 1. The van der Waals surface area contributed by atoms with Gasteiger partial charge in [-0.05, 0) is 76.9 Å². The molecule has 1 heteroatoms. The fourth-order valence-electron chi connectivity index (χ4n) is 4.41. The van der Waals surface area contributed by atoms with Crippen molar-refractivity contribution in [2.24, 2.45) is 0 Å². The second kappa shape index (κ2) is 6.17. The molecule has 138 valence electrons. The average molecular weight is 389 g/mol. The van der Waals surface area contributed by atoms with Crippen LogP contribution in [0.15, 0.2) is 84.9 Å². The van der Waals surface area contributed by atoms with Gasteiger partial charge in [-0.25, -0.2) is 0 Å². The highest BCUT2D eigenvalue weighted by Crippen LogP contribution is 2.38. The molecule has 0 amide bonds. The highest BCUT2D eigenvalue weighted by atomic mass is 32.1. The quantitative estimate of drug-likeness (QED) is 0.247. The second-order valence-electron chi connectivity index (χ2n) is 8.04. The van der Waals surface area contributed by atoms with Crippen LogP contribution >= 0.6 is 11.3 Å². The van der Waals surface area contributed by atoms with Crippen LogP contribution in [-0.2, 0) is 0 Å². The monoisotopic (exact) mass is 388 g/mol. The van der Waals surface area contributed by atoms with Gasteiger partial charge in [-0.2, -0.15) is 0 Å². The molecule has 0 atom stereocenters. The van der Waals surface area contributed by atoms with Crippen molar-refractivity contribution in [3.05, 3.63) is 96.1 Å². The van der Waals surface area contributed by atoms with Crippen molar-refractivity contribution < 1.29 is 0 Å². The van der Waals surface area contributed by atoms with E-state index < -0.39 is 0 Å². The summed E-state index contributed by atoms with van der Waals surface area (Å²) in [6.07, 6.45) is 0. The van der Waals surface area contributed by atoms with Crippen LogP contribution in [0, 0.1) is 13.8 Å². The van der Waals surface area contributed by atoms with E-state index in [1.807, 2.05) is 11.3 Å². The van der Waals surface area contributed by atoms with Crippen molar-refractivity contribution in [1.82, 2.24) is 0 Å². The lowest BCUT2D eigenvalue weighted by atomic mass is 9.95. The van der Waals surface area contributed by atoms with Gasteiger partial charge < -0.3 is 0 Å². The summed E-state index contributed by atoms with van der Waals surface area (Å²) in [5, 5.41) is 7.99. The first kappa shape index (κ1) is 16.8. The Hall–Kier alpha value is -3.16. The molecule has 0 aliphatic heterocycles. The minimum atomic E-state index is 1.28. The molecule has 0 radical (unpaired) electrons. The first-order chi connectivity index (χ1) is 14.2. The van der Waals surface area contributed by atoms with E-state index in [0.717, 1.165) is 0 Å². The molecule has 6 aromatic rings. The van der Waals surface area contributed by atoms with Crippen LogP contribution in [-0.4, -0.2) is 0 Å². The maximum absolute atomic E-state index is 2.37. The van der Waals surface area contributed by atoms with E-state index in [4.69, 9.17) is 0 Å². The molecule has 0 nitrogen and oxygen atoms in total. The summed E-state index contributed by atoms with van der Waals surface area (Å²) in [6, 6.07) is 31.7. The first-order valence-electron chi connectivity index (χ1n) is 10.0. The fourth-order valence-corrected chi connectivity index (χ4v) is 5.48. The molecule has 1 heterocycles. The molecule has 1 aromatic heterocycles. The van der Waals surface area contributed by atoms with Crippen molar-refractivity contribution in [3.8, 4) is 11.1 Å². The minimum absolute atomic E-state index is 1.28. The lowest BCUT2D eigenvalue weighted by molar-refractivity contribution is 1.51. The van der Waals surface area contributed by atoms with Crippen molar-refractivity contribution >= 4 is 53.1 Å². The van der Waals surface area contributed by atoms with Gasteiger partial charge in [0.05, 0.1) is 0 Å². The Kier molecular flexibility index (Phi) is 3.57. The lowest BCUT2D eigenvalue weighted by Crippen LogP contribution is -1.83. The van der Waals surface area contributed by atoms with E-state index in [2.05, 4.69) is 98.8 Å². The van der Waals surface area contributed by atoms with Crippen molar-refractivity contribution in [3.63, 3.8) is 0 Å². The summed E-state index contributed by atoms with van der Waals surface area (Å²) in [6.45, 7) is 4.34. The summed E-state index contributed by atoms with van der Waals surface area (Å²) in [5.74, 6) is 0. The topological polar surface area (TPSA) is 0 Å². The summed E-state index contributed by atoms with van der Waals surface area (Å²) in [4.78, 5) is 0. The molecule has 0 bridgehead atoms. The van der Waals surface area contributed by atoms with Crippen LogP contribution in [0.2, 0.25) is 0 Å². The Morgan fingerprint density at radius 1 is 0.448 bits per heavy atom. The third-order valence-corrected chi connectivity index (χ3v) is 7.10. The van der Waals surface area contributed by atoms with Crippen molar-refractivity contribution in [2.45, 2.75) is 13.8 Å². The standard InChI is InChI=1S/C28H20S/c1-17-3-5-19-6-7-20-8-9-21(15-24(20)23(19)13-17)22-10-12-28-26(16-22)25-14-18(2)4-11-27(25)29-28/h3-16H,1-2H3. The van der Waals surface area contributed by atoms with Gasteiger partial charge in [-0.3, -0.25) is 0 Å². The van der Waals surface area contributed by atoms with Gasteiger partial charge in [-0.15, -0.1) is 11.3 Å². The van der Waals surface area contributed by atoms with Crippen LogP contribution in [0.25, 0.3) is 52.8 Å². The average Bonchev–Trinajstić information content (AvgIpc) is 3.10. The predicted octanol–water partition coefficient (Wildman–Crippen LogP) is 8.64. The molecular weight excluding hydrogens is 368 g/mol. The van der Waals surface area contributed by atoms with Crippen LogP contribution in [0.4, 0.5) is 0 Å². The molecule has 0 spiro atoms. The smallest absolute Gasteiger partial charge is 0.0355 e. The Morgan fingerprint density at radius 2 is 0.897 bits per heavy atom. The molecule has 5 aromatic carbocycles. The summed E-state index contributed by atoms with van der Waals surface area (Å²) < 4.78 is 2.72. The van der Waals surface area contributed by atoms with E-state index in [1.54, 1.807) is 0 Å². The number of fused-ring (bicyclic) bond motifs is 6. The molecule has 6 rings (SSSR count). The van der Waals surface area contributed by atoms with Gasteiger partial charge in [0.15, 0.2) is 0 Å². The number of benzene rings is 5. The van der Waals surface area contributed by atoms with Gasteiger partial charge in [0.1, 0.15) is 0 Å². The maximum Gasteiger partial charge on any atom is 0.0355 e. The number of thiophene rings is 1. The van der Waals surface area contributed by atoms with Crippen LogP contribution < -0.4 is 0 Å².